The maximum atomic E-state index is 12.3. The Morgan fingerprint density at radius 2 is 2.05 bits per heavy atom. The van der Waals surface area contributed by atoms with Gasteiger partial charge in [-0.25, -0.2) is 0 Å². The number of anilines is 2. The second-order valence-corrected chi connectivity index (χ2v) is 5.60. The highest BCUT2D eigenvalue weighted by atomic mass is 32.2. The number of nitrogens with one attached hydrogen (secondary N) is 2. The van der Waals surface area contributed by atoms with Crippen LogP contribution in [-0.2, 0) is 11.2 Å². The normalized spacial score (nSPS) is 12.7. The summed E-state index contributed by atoms with van der Waals surface area (Å²) in [4.78, 5) is 24.7. The maximum absolute atomic E-state index is 12.3. The minimum absolute atomic E-state index is 0.0321. The van der Waals surface area contributed by atoms with Gasteiger partial charge in [0.25, 0.3) is 5.91 Å². The molecule has 1 heterocycles. The molecule has 0 saturated carbocycles. The van der Waals surface area contributed by atoms with E-state index in [1.807, 2.05) is 36.6 Å². The lowest BCUT2D eigenvalue weighted by atomic mass is 10.1. The number of para-hydroxylation sites is 1. The van der Waals surface area contributed by atoms with Crippen LogP contribution in [0.5, 0.6) is 0 Å². The first-order valence-corrected chi connectivity index (χ1v) is 7.77. The van der Waals surface area contributed by atoms with Crippen molar-refractivity contribution in [2.75, 3.05) is 16.9 Å². The average molecular weight is 298 g/mol. The molecular weight excluding hydrogens is 284 g/mol. The predicted molar refractivity (Wildman–Crippen MR) is 85.0 cm³/mol. The van der Waals surface area contributed by atoms with Crippen molar-refractivity contribution in [2.45, 2.75) is 11.3 Å². The molecule has 3 rings (SSSR count). The SMILES string of the molecule is CSc1ccccc1NC(=O)c1ccc2c(c1)NC(=O)C2. The van der Waals surface area contributed by atoms with E-state index in [0.717, 1.165) is 21.8 Å². The minimum Gasteiger partial charge on any atom is -0.326 e. The zero-order valence-electron chi connectivity index (χ0n) is 11.5. The monoisotopic (exact) mass is 298 g/mol. The van der Waals surface area contributed by atoms with E-state index >= 15 is 0 Å². The first-order valence-electron chi connectivity index (χ1n) is 6.54. The molecule has 0 radical (unpaired) electrons. The molecule has 0 bridgehead atoms. The van der Waals surface area contributed by atoms with Gasteiger partial charge in [0.15, 0.2) is 0 Å². The predicted octanol–water partition coefficient (Wildman–Crippen LogP) is 3.16. The van der Waals surface area contributed by atoms with Crippen LogP contribution in [0, 0.1) is 0 Å². The fourth-order valence-corrected chi connectivity index (χ4v) is 2.85. The summed E-state index contributed by atoms with van der Waals surface area (Å²) >= 11 is 1.58. The Morgan fingerprint density at radius 3 is 2.86 bits per heavy atom. The topological polar surface area (TPSA) is 58.2 Å². The third-order valence-electron chi connectivity index (χ3n) is 3.35. The molecule has 4 nitrogen and oxygen atoms in total. The minimum atomic E-state index is -0.180. The molecule has 0 saturated heterocycles. The summed E-state index contributed by atoms with van der Waals surface area (Å²) in [7, 11) is 0. The van der Waals surface area contributed by atoms with Crippen molar-refractivity contribution < 1.29 is 9.59 Å². The molecule has 21 heavy (non-hydrogen) atoms. The Balaban J connectivity index is 1.83. The molecule has 2 aromatic rings. The van der Waals surface area contributed by atoms with Gasteiger partial charge in [0.2, 0.25) is 5.91 Å². The van der Waals surface area contributed by atoms with Crippen LogP contribution in [0.1, 0.15) is 15.9 Å². The van der Waals surface area contributed by atoms with E-state index in [0.29, 0.717) is 12.0 Å². The van der Waals surface area contributed by atoms with Crippen molar-refractivity contribution in [1.82, 2.24) is 0 Å². The highest BCUT2D eigenvalue weighted by Gasteiger charge is 2.19. The van der Waals surface area contributed by atoms with Crippen LogP contribution in [0.3, 0.4) is 0 Å². The number of rotatable bonds is 3. The Hall–Kier alpha value is -2.27. The van der Waals surface area contributed by atoms with E-state index in [1.165, 1.54) is 0 Å². The van der Waals surface area contributed by atoms with E-state index in [1.54, 1.807) is 23.9 Å². The number of carbonyl (C=O) groups excluding carboxylic acids is 2. The van der Waals surface area contributed by atoms with Gasteiger partial charge in [0.1, 0.15) is 0 Å². The van der Waals surface area contributed by atoms with E-state index in [9.17, 15) is 9.59 Å². The summed E-state index contributed by atoms with van der Waals surface area (Å²) in [5.74, 6) is -0.212. The summed E-state index contributed by atoms with van der Waals surface area (Å²) in [6, 6.07) is 12.9. The summed E-state index contributed by atoms with van der Waals surface area (Å²) in [5, 5.41) is 5.66. The molecule has 5 heteroatoms. The van der Waals surface area contributed by atoms with E-state index < -0.39 is 0 Å². The van der Waals surface area contributed by atoms with Crippen LogP contribution in [0.2, 0.25) is 0 Å². The number of amides is 2. The Bertz CT molecular complexity index is 728. The van der Waals surface area contributed by atoms with Crippen molar-refractivity contribution in [1.29, 1.82) is 0 Å². The lowest BCUT2D eigenvalue weighted by molar-refractivity contribution is -0.115. The van der Waals surface area contributed by atoms with Gasteiger partial charge in [-0.1, -0.05) is 18.2 Å². The highest BCUT2D eigenvalue weighted by Crippen LogP contribution is 2.27. The van der Waals surface area contributed by atoms with Gasteiger partial charge in [-0.3, -0.25) is 9.59 Å². The van der Waals surface area contributed by atoms with Gasteiger partial charge < -0.3 is 10.6 Å². The fraction of sp³-hybridized carbons (Fsp3) is 0.125. The number of thioether (sulfide) groups is 1. The molecule has 0 unspecified atom stereocenters. The lowest BCUT2D eigenvalue weighted by Crippen LogP contribution is -2.12. The summed E-state index contributed by atoms with van der Waals surface area (Å²) in [6.45, 7) is 0. The molecule has 0 aliphatic carbocycles. The Kier molecular flexibility index (Phi) is 3.66. The van der Waals surface area contributed by atoms with E-state index in [4.69, 9.17) is 0 Å². The average Bonchev–Trinajstić information content (AvgIpc) is 2.86. The molecule has 106 valence electrons. The Morgan fingerprint density at radius 1 is 1.24 bits per heavy atom. The van der Waals surface area contributed by atoms with Crippen LogP contribution < -0.4 is 10.6 Å². The lowest BCUT2D eigenvalue weighted by Gasteiger charge is -2.10. The van der Waals surface area contributed by atoms with Gasteiger partial charge in [-0.2, -0.15) is 0 Å². The van der Waals surface area contributed by atoms with Gasteiger partial charge >= 0.3 is 0 Å². The third-order valence-corrected chi connectivity index (χ3v) is 4.15. The standard InChI is InChI=1S/C16H14N2O2S/c1-21-14-5-3-2-4-12(14)18-16(20)11-7-6-10-9-15(19)17-13(10)8-11/h2-8H,9H2,1H3,(H,17,19)(H,18,20). The van der Waals surface area contributed by atoms with Crippen molar-refractivity contribution >= 4 is 35.0 Å². The zero-order chi connectivity index (χ0) is 14.8. The van der Waals surface area contributed by atoms with Gasteiger partial charge in [-0.05, 0) is 36.1 Å². The zero-order valence-corrected chi connectivity index (χ0v) is 12.3. The molecular formula is C16H14N2O2S. The molecule has 0 aromatic heterocycles. The quantitative estimate of drug-likeness (QED) is 0.856. The summed E-state index contributed by atoms with van der Waals surface area (Å²) < 4.78 is 0. The van der Waals surface area contributed by atoms with Crippen molar-refractivity contribution in [3.05, 3.63) is 53.6 Å². The van der Waals surface area contributed by atoms with Crippen LogP contribution in [0.15, 0.2) is 47.4 Å². The Labute approximate surface area is 126 Å². The molecule has 0 atom stereocenters. The highest BCUT2D eigenvalue weighted by molar-refractivity contribution is 7.98. The van der Waals surface area contributed by atoms with Gasteiger partial charge in [-0.15, -0.1) is 11.8 Å². The first kappa shape index (κ1) is 13.7. The second kappa shape index (κ2) is 5.61. The number of hydrogen-bond acceptors (Lipinski definition) is 3. The van der Waals surface area contributed by atoms with Crippen molar-refractivity contribution in [3.8, 4) is 0 Å². The molecule has 0 fully saturated rings. The molecule has 1 aliphatic rings. The van der Waals surface area contributed by atoms with Crippen LogP contribution in [0.4, 0.5) is 11.4 Å². The summed E-state index contributed by atoms with van der Waals surface area (Å²) in [5.41, 5.74) is 2.98. The maximum Gasteiger partial charge on any atom is 0.255 e. The smallest absolute Gasteiger partial charge is 0.255 e. The van der Waals surface area contributed by atoms with Crippen molar-refractivity contribution in [2.24, 2.45) is 0 Å². The number of benzene rings is 2. The van der Waals surface area contributed by atoms with E-state index in [-0.39, 0.29) is 11.8 Å². The molecule has 2 aromatic carbocycles. The molecule has 2 amide bonds. The molecule has 2 N–H and O–H groups in total. The number of fused-ring (bicyclic) bond motifs is 1. The van der Waals surface area contributed by atoms with Crippen LogP contribution in [0.25, 0.3) is 0 Å². The molecule has 0 spiro atoms. The second-order valence-electron chi connectivity index (χ2n) is 4.75. The largest absolute Gasteiger partial charge is 0.326 e. The third kappa shape index (κ3) is 2.78. The fourth-order valence-electron chi connectivity index (χ4n) is 2.30. The summed E-state index contributed by atoms with van der Waals surface area (Å²) in [6.07, 6.45) is 2.35. The van der Waals surface area contributed by atoms with Crippen LogP contribution in [-0.4, -0.2) is 18.1 Å². The first-order chi connectivity index (χ1) is 10.2. The van der Waals surface area contributed by atoms with Gasteiger partial charge in [0.05, 0.1) is 12.1 Å². The van der Waals surface area contributed by atoms with E-state index in [2.05, 4.69) is 10.6 Å². The van der Waals surface area contributed by atoms with Crippen molar-refractivity contribution in [3.63, 3.8) is 0 Å². The van der Waals surface area contributed by atoms with Gasteiger partial charge in [0, 0.05) is 16.1 Å². The molecule has 1 aliphatic heterocycles. The number of hydrogen-bond donors (Lipinski definition) is 2. The van der Waals surface area contributed by atoms with Crippen LogP contribution >= 0.6 is 11.8 Å². The number of carbonyl (C=O) groups is 2.